The average molecular weight is 388 g/mol. The van der Waals surface area contributed by atoms with Gasteiger partial charge in [0, 0.05) is 37.4 Å². The third-order valence-electron chi connectivity index (χ3n) is 4.06. The summed E-state index contributed by atoms with van der Waals surface area (Å²) < 4.78 is 48.5. The maximum atomic E-state index is 12.5. The minimum absolute atomic E-state index is 0.0882. The van der Waals surface area contributed by atoms with Crippen molar-refractivity contribution in [1.29, 1.82) is 0 Å². The van der Waals surface area contributed by atoms with Crippen LogP contribution in [0.3, 0.4) is 0 Å². The summed E-state index contributed by atoms with van der Waals surface area (Å²) >= 11 is 0. The molecule has 0 radical (unpaired) electrons. The van der Waals surface area contributed by atoms with Crippen molar-refractivity contribution in [3.05, 3.63) is 18.2 Å². The fourth-order valence-electron chi connectivity index (χ4n) is 2.98. The van der Waals surface area contributed by atoms with Gasteiger partial charge in [-0.15, -0.1) is 0 Å². The fraction of sp³-hybridized carbons (Fsp3) is 0.611. The molecule has 0 aromatic heterocycles. The van der Waals surface area contributed by atoms with Crippen molar-refractivity contribution in [2.24, 2.45) is 4.99 Å². The highest BCUT2D eigenvalue weighted by molar-refractivity contribution is 5.94. The van der Waals surface area contributed by atoms with Gasteiger partial charge in [0.15, 0.2) is 17.5 Å². The van der Waals surface area contributed by atoms with Crippen LogP contribution in [-0.2, 0) is 0 Å². The first kappa shape index (κ1) is 21.1. The number of nitrogens with zero attached hydrogens (tertiary/aromatic N) is 2. The number of guanidine groups is 1. The monoisotopic (exact) mass is 388 g/mol. The summed E-state index contributed by atoms with van der Waals surface area (Å²) in [6.45, 7) is 4.69. The van der Waals surface area contributed by atoms with Gasteiger partial charge >= 0.3 is 6.18 Å². The van der Waals surface area contributed by atoms with Crippen LogP contribution in [0.4, 0.5) is 18.9 Å². The maximum Gasteiger partial charge on any atom is 0.401 e. The number of aliphatic imine (C=N–C) groups is 1. The highest BCUT2D eigenvalue weighted by Gasteiger charge is 2.34. The number of hydrogen-bond donors (Lipinski definition) is 2. The molecule has 1 aromatic carbocycles. The molecule has 1 saturated heterocycles. The third kappa shape index (κ3) is 6.82. The summed E-state index contributed by atoms with van der Waals surface area (Å²) in [4.78, 5) is 5.79. The SMILES string of the molecule is CCN=C(Nc1ccc(OC)c(OCC)c1)NC1CCN(CC(F)(F)F)C1. The Hall–Kier alpha value is -2.16. The maximum absolute atomic E-state index is 12.5. The number of nitrogens with one attached hydrogen (secondary N) is 2. The van der Waals surface area contributed by atoms with Gasteiger partial charge in [0.05, 0.1) is 20.3 Å². The molecule has 1 atom stereocenters. The van der Waals surface area contributed by atoms with Crippen molar-refractivity contribution in [1.82, 2.24) is 10.2 Å². The van der Waals surface area contributed by atoms with Crippen molar-refractivity contribution in [3.8, 4) is 11.5 Å². The Kier molecular flexibility index (Phi) is 7.58. The number of likely N-dealkylation sites (tertiary alicyclic amines) is 1. The lowest BCUT2D eigenvalue weighted by Crippen LogP contribution is -2.42. The quantitative estimate of drug-likeness (QED) is 0.555. The molecule has 2 rings (SSSR count). The summed E-state index contributed by atoms with van der Waals surface area (Å²) in [6.07, 6.45) is -3.54. The Morgan fingerprint density at radius 2 is 2.07 bits per heavy atom. The molecule has 1 unspecified atom stereocenters. The minimum Gasteiger partial charge on any atom is -0.493 e. The van der Waals surface area contributed by atoms with E-state index in [1.165, 1.54) is 4.90 Å². The first-order chi connectivity index (χ1) is 12.8. The standard InChI is InChI=1S/C18H27F3N4O2/c1-4-22-17(24-14-8-9-25(11-14)12-18(19,20)21)23-13-6-7-15(26-3)16(10-13)27-5-2/h6-7,10,14H,4-5,8-9,11-12H2,1-3H3,(H2,22,23,24). The van der Waals surface area contributed by atoms with Crippen LogP contribution in [0.1, 0.15) is 20.3 Å². The van der Waals surface area contributed by atoms with E-state index in [0.717, 1.165) is 5.69 Å². The Labute approximate surface area is 157 Å². The highest BCUT2D eigenvalue weighted by Crippen LogP contribution is 2.30. The predicted molar refractivity (Wildman–Crippen MR) is 99.8 cm³/mol. The molecule has 0 aliphatic carbocycles. The third-order valence-corrected chi connectivity index (χ3v) is 4.06. The van der Waals surface area contributed by atoms with E-state index in [1.807, 2.05) is 19.9 Å². The predicted octanol–water partition coefficient (Wildman–Crippen LogP) is 3.11. The molecule has 0 amide bonds. The number of anilines is 1. The summed E-state index contributed by atoms with van der Waals surface area (Å²) in [5.74, 6) is 1.77. The molecule has 152 valence electrons. The van der Waals surface area contributed by atoms with E-state index in [4.69, 9.17) is 9.47 Å². The van der Waals surface area contributed by atoms with Gasteiger partial charge in [-0.2, -0.15) is 13.2 Å². The van der Waals surface area contributed by atoms with Crippen molar-refractivity contribution in [2.45, 2.75) is 32.5 Å². The van der Waals surface area contributed by atoms with E-state index in [0.29, 0.717) is 50.1 Å². The van der Waals surface area contributed by atoms with E-state index < -0.39 is 12.7 Å². The van der Waals surface area contributed by atoms with E-state index in [2.05, 4.69) is 15.6 Å². The number of alkyl halides is 3. The van der Waals surface area contributed by atoms with Gasteiger partial charge in [-0.25, -0.2) is 0 Å². The Morgan fingerprint density at radius 3 is 2.70 bits per heavy atom. The summed E-state index contributed by atoms with van der Waals surface area (Å²) in [7, 11) is 1.57. The second-order valence-corrected chi connectivity index (χ2v) is 6.23. The normalized spacial score (nSPS) is 18.4. The molecule has 1 aromatic rings. The molecule has 6 nitrogen and oxygen atoms in total. The molecule has 1 fully saturated rings. The zero-order valence-electron chi connectivity index (χ0n) is 15.9. The molecule has 1 heterocycles. The molecule has 1 aliphatic heterocycles. The van der Waals surface area contributed by atoms with Crippen LogP contribution >= 0.6 is 0 Å². The van der Waals surface area contributed by atoms with Crippen molar-refractivity contribution < 1.29 is 22.6 Å². The topological polar surface area (TPSA) is 58.1 Å². The Morgan fingerprint density at radius 1 is 1.30 bits per heavy atom. The van der Waals surface area contributed by atoms with Gasteiger partial charge in [0.2, 0.25) is 0 Å². The first-order valence-corrected chi connectivity index (χ1v) is 9.02. The van der Waals surface area contributed by atoms with Crippen LogP contribution in [0.5, 0.6) is 11.5 Å². The zero-order chi connectivity index (χ0) is 19.9. The lowest BCUT2D eigenvalue weighted by molar-refractivity contribution is -0.143. The second-order valence-electron chi connectivity index (χ2n) is 6.23. The molecule has 9 heteroatoms. The van der Waals surface area contributed by atoms with Crippen molar-refractivity contribution >= 4 is 11.6 Å². The zero-order valence-corrected chi connectivity index (χ0v) is 15.9. The van der Waals surface area contributed by atoms with Crippen LogP contribution < -0.4 is 20.1 Å². The lowest BCUT2D eigenvalue weighted by Gasteiger charge is -2.20. The van der Waals surface area contributed by atoms with Crippen LogP contribution in [0.15, 0.2) is 23.2 Å². The van der Waals surface area contributed by atoms with E-state index in [1.54, 1.807) is 19.2 Å². The fourth-order valence-corrected chi connectivity index (χ4v) is 2.98. The van der Waals surface area contributed by atoms with E-state index >= 15 is 0 Å². The number of benzene rings is 1. The first-order valence-electron chi connectivity index (χ1n) is 9.02. The Balaban J connectivity index is 2.00. The van der Waals surface area contributed by atoms with Crippen molar-refractivity contribution in [3.63, 3.8) is 0 Å². The van der Waals surface area contributed by atoms with Gasteiger partial charge in [-0.05, 0) is 32.4 Å². The molecule has 0 bridgehead atoms. The summed E-state index contributed by atoms with van der Waals surface area (Å²) in [6, 6.07) is 5.34. The number of methoxy groups -OCH3 is 1. The van der Waals surface area contributed by atoms with Crippen LogP contribution in [0.2, 0.25) is 0 Å². The van der Waals surface area contributed by atoms with Crippen molar-refractivity contribution in [2.75, 3.05) is 45.2 Å². The van der Waals surface area contributed by atoms with Crippen LogP contribution in [-0.4, -0.2) is 63.0 Å². The molecule has 0 spiro atoms. The second kappa shape index (κ2) is 9.68. The molecule has 27 heavy (non-hydrogen) atoms. The largest absolute Gasteiger partial charge is 0.493 e. The van der Waals surface area contributed by atoms with E-state index in [9.17, 15) is 13.2 Å². The van der Waals surface area contributed by atoms with Gasteiger partial charge in [-0.3, -0.25) is 9.89 Å². The number of halogens is 3. The van der Waals surface area contributed by atoms with Crippen LogP contribution in [0, 0.1) is 0 Å². The Bertz CT molecular complexity index is 638. The highest BCUT2D eigenvalue weighted by atomic mass is 19.4. The molecule has 2 N–H and O–H groups in total. The van der Waals surface area contributed by atoms with E-state index in [-0.39, 0.29) is 6.04 Å². The van der Waals surface area contributed by atoms with Gasteiger partial charge in [-0.1, -0.05) is 0 Å². The number of rotatable bonds is 7. The molecular formula is C18H27F3N4O2. The minimum atomic E-state index is -4.17. The van der Waals surface area contributed by atoms with Crippen LogP contribution in [0.25, 0.3) is 0 Å². The number of hydrogen-bond acceptors (Lipinski definition) is 4. The van der Waals surface area contributed by atoms with Gasteiger partial charge in [0.1, 0.15) is 0 Å². The molecule has 0 saturated carbocycles. The summed E-state index contributed by atoms with van der Waals surface area (Å²) in [5, 5.41) is 6.40. The average Bonchev–Trinajstić information content (AvgIpc) is 3.00. The molecular weight excluding hydrogens is 361 g/mol. The number of ether oxygens (including phenoxy) is 2. The van der Waals surface area contributed by atoms with Gasteiger partial charge < -0.3 is 20.1 Å². The lowest BCUT2D eigenvalue weighted by atomic mass is 10.2. The molecule has 1 aliphatic rings. The smallest absolute Gasteiger partial charge is 0.401 e. The van der Waals surface area contributed by atoms with Gasteiger partial charge in [0.25, 0.3) is 0 Å². The summed E-state index contributed by atoms with van der Waals surface area (Å²) in [5.41, 5.74) is 0.754.